The van der Waals surface area contributed by atoms with E-state index in [0.29, 0.717) is 24.3 Å². The molecule has 0 saturated heterocycles. The topological polar surface area (TPSA) is 79.9 Å². The van der Waals surface area contributed by atoms with Gasteiger partial charge >= 0.3 is 0 Å². The molecule has 4 aromatic rings. The number of H-pyrrole nitrogens is 1. The van der Waals surface area contributed by atoms with Crippen LogP contribution in [0.1, 0.15) is 28.4 Å². The van der Waals surface area contributed by atoms with Crippen LogP contribution < -0.4 is 10.1 Å². The van der Waals surface area contributed by atoms with Gasteiger partial charge in [0.25, 0.3) is 5.91 Å². The molecule has 1 aromatic carbocycles. The lowest BCUT2D eigenvalue weighted by atomic mass is 9.99. The number of nitrogens with zero attached hydrogens (tertiary/aromatic N) is 2. The van der Waals surface area contributed by atoms with E-state index in [4.69, 9.17) is 16.3 Å². The van der Waals surface area contributed by atoms with Crippen LogP contribution >= 0.6 is 11.6 Å². The number of rotatable bonds is 3. The molecule has 30 heavy (non-hydrogen) atoms. The third-order valence-electron chi connectivity index (χ3n) is 5.17. The summed E-state index contributed by atoms with van der Waals surface area (Å²) < 4.78 is 20.0. The molecule has 2 N–H and O–H groups in total. The summed E-state index contributed by atoms with van der Waals surface area (Å²) in [5.41, 5.74) is 3.08. The number of nitrogens with one attached hydrogen (secondary N) is 2. The Balaban J connectivity index is 1.40. The summed E-state index contributed by atoms with van der Waals surface area (Å²) in [6, 6.07) is 9.83. The fraction of sp³-hybridized carbons (Fsp3) is 0.136. The summed E-state index contributed by atoms with van der Waals surface area (Å²) in [5.74, 6) is -0.510. The Hall–Kier alpha value is -3.45. The molecular weight excluding hydrogens is 407 g/mol. The van der Waals surface area contributed by atoms with Gasteiger partial charge in [0.1, 0.15) is 11.4 Å². The van der Waals surface area contributed by atoms with Crippen molar-refractivity contribution in [3.8, 4) is 17.0 Å². The van der Waals surface area contributed by atoms with Gasteiger partial charge in [-0.3, -0.25) is 9.78 Å². The van der Waals surface area contributed by atoms with Crippen LogP contribution in [0.5, 0.6) is 5.75 Å². The predicted molar refractivity (Wildman–Crippen MR) is 111 cm³/mol. The molecule has 0 radical (unpaired) electrons. The number of pyridine rings is 2. The zero-order valence-corrected chi connectivity index (χ0v) is 16.4. The number of amides is 1. The normalized spacial score (nSPS) is 15.5. The lowest BCUT2D eigenvalue weighted by Gasteiger charge is -2.27. The first-order valence-electron chi connectivity index (χ1n) is 9.42. The predicted octanol–water partition coefficient (Wildman–Crippen LogP) is 4.67. The van der Waals surface area contributed by atoms with E-state index >= 15 is 0 Å². The van der Waals surface area contributed by atoms with E-state index < -0.39 is 11.9 Å². The molecule has 0 fully saturated rings. The summed E-state index contributed by atoms with van der Waals surface area (Å²) in [5, 5.41) is 3.82. The number of carbonyl (C=O) groups excluding carboxylic acids is 1. The van der Waals surface area contributed by atoms with Crippen molar-refractivity contribution in [3.63, 3.8) is 0 Å². The average molecular weight is 423 g/mol. The number of halogens is 2. The highest BCUT2D eigenvalue weighted by Crippen LogP contribution is 2.37. The van der Waals surface area contributed by atoms with Crippen LogP contribution in [0.3, 0.4) is 0 Å². The molecule has 1 atom stereocenters. The Morgan fingerprint density at radius 2 is 2.10 bits per heavy atom. The van der Waals surface area contributed by atoms with Gasteiger partial charge in [0.2, 0.25) is 0 Å². The molecule has 0 saturated carbocycles. The molecule has 150 valence electrons. The Morgan fingerprint density at radius 3 is 2.93 bits per heavy atom. The highest BCUT2D eigenvalue weighted by atomic mass is 35.5. The SMILES string of the molecule is O=C(N[C@H]1CCOc2ccc(Cl)c(F)c21)c1ccc(-c2ccnc3[nH]ccc23)nc1. The second-order valence-electron chi connectivity index (χ2n) is 6.97. The Kier molecular flexibility index (Phi) is 4.59. The summed E-state index contributed by atoms with van der Waals surface area (Å²) in [4.78, 5) is 24.6. The number of fused-ring (bicyclic) bond motifs is 2. The highest BCUT2D eigenvalue weighted by molar-refractivity contribution is 6.30. The van der Waals surface area contributed by atoms with Crippen molar-refractivity contribution >= 4 is 28.5 Å². The minimum atomic E-state index is -0.569. The van der Waals surface area contributed by atoms with E-state index in [0.717, 1.165) is 22.3 Å². The summed E-state index contributed by atoms with van der Waals surface area (Å²) in [7, 11) is 0. The molecule has 8 heteroatoms. The third-order valence-corrected chi connectivity index (χ3v) is 5.46. The zero-order valence-electron chi connectivity index (χ0n) is 15.7. The second kappa shape index (κ2) is 7.42. The first-order valence-corrected chi connectivity index (χ1v) is 9.79. The summed E-state index contributed by atoms with van der Waals surface area (Å²) in [6.07, 6.45) is 5.49. The first-order chi connectivity index (χ1) is 14.6. The Morgan fingerprint density at radius 1 is 1.20 bits per heavy atom. The van der Waals surface area contributed by atoms with E-state index in [-0.39, 0.29) is 16.5 Å². The molecule has 6 nitrogen and oxygen atoms in total. The van der Waals surface area contributed by atoms with Crippen LogP contribution in [0.15, 0.2) is 55.0 Å². The third kappa shape index (κ3) is 3.17. The average Bonchev–Trinajstić information content (AvgIpc) is 3.25. The van der Waals surface area contributed by atoms with Gasteiger partial charge in [0.05, 0.1) is 34.5 Å². The molecule has 0 unspecified atom stereocenters. The van der Waals surface area contributed by atoms with Gasteiger partial charge < -0.3 is 15.0 Å². The van der Waals surface area contributed by atoms with E-state index in [2.05, 4.69) is 20.3 Å². The Bertz CT molecular complexity index is 1260. The van der Waals surface area contributed by atoms with Gasteiger partial charge in [-0.15, -0.1) is 0 Å². The van der Waals surface area contributed by atoms with Gasteiger partial charge in [-0.1, -0.05) is 11.6 Å². The van der Waals surface area contributed by atoms with Crippen molar-refractivity contribution in [2.24, 2.45) is 0 Å². The van der Waals surface area contributed by atoms with Gasteiger partial charge in [-0.05, 0) is 36.4 Å². The van der Waals surface area contributed by atoms with Crippen molar-refractivity contribution in [1.82, 2.24) is 20.3 Å². The van der Waals surface area contributed by atoms with Gasteiger partial charge in [0.15, 0.2) is 5.82 Å². The molecule has 3 aromatic heterocycles. The van der Waals surface area contributed by atoms with Crippen LogP contribution in [-0.4, -0.2) is 27.5 Å². The maximum atomic E-state index is 14.5. The minimum Gasteiger partial charge on any atom is -0.493 e. The van der Waals surface area contributed by atoms with E-state index in [1.807, 2.05) is 18.3 Å². The maximum absolute atomic E-state index is 14.5. The quantitative estimate of drug-likeness (QED) is 0.502. The van der Waals surface area contributed by atoms with E-state index in [1.54, 1.807) is 24.4 Å². The van der Waals surface area contributed by atoms with E-state index in [1.165, 1.54) is 12.3 Å². The van der Waals surface area contributed by atoms with Crippen molar-refractivity contribution in [2.45, 2.75) is 12.5 Å². The number of carbonyl (C=O) groups is 1. The van der Waals surface area contributed by atoms with Crippen LogP contribution in [0.4, 0.5) is 4.39 Å². The summed E-state index contributed by atoms with van der Waals surface area (Å²) >= 11 is 5.91. The monoisotopic (exact) mass is 422 g/mol. The molecule has 0 bridgehead atoms. The number of aromatic nitrogens is 3. The van der Waals surface area contributed by atoms with Crippen molar-refractivity contribution < 1.29 is 13.9 Å². The lowest BCUT2D eigenvalue weighted by molar-refractivity contribution is 0.0923. The van der Waals surface area contributed by atoms with E-state index in [9.17, 15) is 9.18 Å². The largest absolute Gasteiger partial charge is 0.493 e. The van der Waals surface area contributed by atoms with Crippen LogP contribution in [0.25, 0.3) is 22.3 Å². The lowest BCUT2D eigenvalue weighted by Crippen LogP contribution is -2.33. The molecule has 1 aliphatic rings. The summed E-state index contributed by atoms with van der Waals surface area (Å²) in [6.45, 7) is 0.380. The van der Waals surface area contributed by atoms with Gasteiger partial charge in [0, 0.05) is 36.0 Å². The fourth-order valence-electron chi connectivity index (χ4n) is 3.69. The van der Waals surface area contributed by atoms with Crippen molar-refractivity contribution in [2.75, 3.05) is 6.61 Å². The van der Waals surface area contributed by atoms with Gasteiger partial charge in [-0.2, -0.15) is 0 Å². The fourth-order valence-corrected chi connectivity index (χ4v) is 3.85. The smallest absolute Gasteiger partial charge is 0.253 e. The van der Waals surface area contributed by atoms with Crippen LogP contribution in [-0.2, 0) is 0 Å². The number of aromatic amines is 1. The van der Waals surface area contributed by atoms with Crippen molar-refractivity contribution in [1.29, 1.82) is 0 Å². The first kappa shape index (κ1) is 18.6. The second-order valence-corrected chi connectivity index (χ2v) is 7.37. The highest BCUT2D eigenvalue weighted by Gasteiger charge is 2.28. The van der Waals surface area contributed by atoms with Gasteiger partial charge in [-0.25, -0.2) is 9.37 Å². The minimum absolute atomic E-state index is 0.00191. The number of hydrogen-bond acceptors (Lipinski definition) is 4. The molecule has 1 amide bonds. The Labute approximate surface area is 176 Å². The molecule has 0 spiro atoms. The molecular formula is C22H16ClFN4O2. The molecule has 5 rings (SSSR count). The van der Waals surface area contributed by atoms with Crippen LogP contribution in [0.2, 0.25) is 5.02 Å². The van der Waals surface area contributed by atoms with Crippen molar-refractivity contribution in [3.05, 3.63) is 77.0 Å². The molecule has 4 heterocycles. The number of benzene rings is 1. The number of ether oxygens (including phenoxy) is 1. The maximum Gasteiger partial charge on any atom is 0.253 e. The molecule has 1 aliphatic heterocycles. The molecule has 0 aliphatic carbocycles. The number of hydrogen-bond donors (Lipinski definition) is 2. The zero-order chi connectivity index (χ0) is 20.7. The standard InChI is InChI=1S/C22H16ClFN4O2/c23-15-2-4-18-19(20(15)24)17(7-10-30-18)28-22(29)12-1-3-16(27-11-12)13-5-8-25-21-14(13)6-9-26-21/h1-6,8-9,11,17H,7,10H2,(H,25,26)(H,28,29)/t17-/m0/s1. The van der Waals surface area contributed by atoms with Crippen LogP contribution in [0, 0.1) is 5.82 Å².